The molecule has 0 aromatic heterocycles. The van der Waals surface area contributed by atoms with Crippen LogP contribution in [0.15, 0.2) is 0 Å². The van der Waals surface area contributed by atoms with Crippen LogP contribution in [-0.4, -0.2) is 74.2 Å². The minimum atomic E-state index is 0.772. The van der Waals surface area contributed by atoms with Crippen molar-refractivity contribution in [2.24, 2.45) is 5.92 Å². The predicted molar refractivity (Wildman–Crippen MR) is 84.1 cm³/mol. The lowest BCUT2D eigenvalue weighted by Gasteiger charge is -2.46. The lowest BCUT2D eigenvalue weighted by atomic mass is 9.88. The quantitative estimate of drug-likeness (QED) is 0.798. The molecule has 2 N–H and O–H groups in total. The van der Waals surface area contributed by atoms with Crippen LogP contribution in [0.4, 0.5) is 0 Å². The maximum absolute atomic E-state index is 3.65. The van der Waals surface area contributed by atoms with Crippen molar-refractivity contribution >= 4 is 0 Å². The molecule has 3 atom stereocenters. The molecule has 116 valence electrons. The summed E-state index contributed by atoms with van der Waals surface area (Å²) in [4.78, 5) is 5.51. The molecule has 20 heavy (non-hydrogen) atoms. The second-order valence-corrected chi connectivity index (χ2v) is 6.95. The summed E-state index contributed by atoms with van der Waals surface area (Å²) in [6.07, 6.45) is 5.59. The second-order valence-electron chi connectivity index (χ2n) is 6.95. The van der Waals surface area contributed by atoms with Gasteiger partial charge in [-0.1, -0.05) is 6.42 Å². The van der Waals surface area contributed by atoms with Crippen molar-refractivity contribution in [3.05, 3.63) is 0 Å². The van der Waals surface area contributed by atoms with Crippen LogP contribution >= 0.6 is 0 Å². The van der Waals surface area contributed by atoms with Gasteiger partial charge in [-0.2, -0.15) is 0 Å². The first-order chi connectivity index (χ1) is 9.84. The Hall–Kier alpha value is -0.160. The highest BCUT2D eigenvalue weighted by Crippen LogP contribution is 2.26. The smallest absolute Gasteiger partial charge is 0.0264 e. The standard InChI is InChI=1S/C16H32N4/c1-14-4-2-3-9-20(14)16-12-18-6-5-15(16)13-19-10-7-17-8-11-19/h14-18H,2-13H2,1H3. The maximum Gasteiger partial charge on any atom is 0.0264 e. The van der Waals surface area contributed by atoms with Crippen molar-refractivity contribution in [2.75, 3.05) is 52.4 Å². The molecule has 3 rings (SSSR count). The first-order valence-corrected chi connectivity index (χ1v) is 8.74. The summed E-state index contributed by atoms with van der Waals surface area (Å²) in [7, 11) is 0. The van der Waals surface area contributed by atoms with Gasteiger partial charge in [0, 0.05) is 51.4 Å². The fourth-order valence-corrected chi connectivity index (χ4v) is 4.34. The van der Waals surface area contributed by atoms with Crippen molar-refractivity contribution in [1.82, 2.24) is 20.4 Å². The number of hydrogen-bond acceptors (Lipinski definition) is 4. The normalized spacial score (nSPS) is 38.0. The first kappa shape index (κ1) is 14.8. The van der Waals surface area contributed by atoms with Crippen LogP contribution in [0.2, 0.25) is 0 Å². The lowest BCUT2D eigenvalue weighted by Crippen LogP contribution is -2.58. The van der Waals surface area contributed by atoms with Crippen molar-refractivity contribution in [1.29, 1.82) is 0 Å². The van der Waals surface area contributed by atoms with Crippen LogP contribution < -0.4 is 10.6 Å². The van der Waals surface area contributed by atoms with E-state index in [1.807, 2.05) is 0 Å². The van der Waals surface area contributed by atoms with Crippen LogP contribution in [0.5, 0.6) is 0 Å². The van der Waals surface area contributed by atoms with Gasteiger partial charge in [-0.15, -0.1) is 0 Å². The van der Waals surface area contributed by atoms with Crippen molar-refractivity contribution < 1.29 is 0 Å². The fraction of sp³-hybridized carbons (Fsp3) is 1.00. The summed E-state index contributed by atoms with van der Waals surface area (Å²) in [6.45, 7) is 12.3. The summed E-state index contributed by atoms with van der Waals surface area (Å²) in [5.74, 6) is 0.870. The molecule has 3 heterocycles. The van der Waals surface area contributed by atoms with Gasteiger partial charge in [0.25, 0.3) is 0 Å². The molecule has 0 spiro atoms. The van der Waals surface area contributed by atoms with E-state index in [1.54, 1.807) is 0 Å². The molecular weight excluding hydrogens is 248 g/mol. The number of hydrogen-bond donors (Lipinski definition) is 2. The van der Waals surface area contributed by atoms with Gasteiger partial charge in [-0.05, 0) is 45.2 Å². The summed E-state index contributed by atoms with van der Waals surface area (Å²) in [5.41, 5.74) is 0. The second kappa shape index (κ2) is 7.21. The van der Waals surface area contributed by atoms with Gasteiger partial charge < -0.3 is 15.5 Å². The summed E-state index contributed by atoms with van der Waals surface area (Å²) >= 11 is 0. The molecule has 4 heteroatoms. The van der Waals surface area contributed by atoms with E-state index < -0.39 is 0 Å². The Bertz CT molecular complexity index is 290. The van der Waals surface area contributed by atoms with Gasteiger partial charge in [-0.3, -0.25) is 4.90 Å². The number of nitrogens with one attached hydrogen (secondary N) is 2. The van der Waals surface area contributed by atoms with Gasteiger partial charge >= 0.3 is 0 Å². The molecule has 3 unspecified atom stereocenters. The van der Waals surface area contributed by atoms with E-state index in [-0.39, 0.29) is 0 Å². The minimum absolute atomic E-state index is 0.772. The molecular formula is C16H32N4. The molecule has 0 aromatic rings. The summed E-state index contributed by atoms with van der Waals surface area (Å²) in [5, 5.41) is 7.12. The van der Waals surface area contributed by atoms with Crippen LogP contribution in [-0.2, 0) is 0 Å². The lowest BCUT2D eigenvalue weighted by molar-refractivity contribution is 0.0373. The number of rotatable bonds is 3. The van der Waals surface area contributed by atoms with E-state index in [4.69, 9.17) is 0 Å². The third kappa shape index (κ3) is 3.53. The number of nitrogens with zero attached hydrogens (tertiary/aromatic N) is 2. The largest absolute Gasteiger partial charge is 0.315 e. The SMILES string of the molecule is CC1CCCCN1C1CNCCC1CN1CCNCC1. The zero-order chi connectivity index (χ0) is 13.8. The molecule has 0 aromatic carbocycles. The zero-order valence-electron chi connectivity index (χ0n) is 13.1. The van der Waals surface area contributed by atoms with Gasteiger partial charge in [0.15, 0.2) is 0 Å². The van der Waals surface area contributed by atoms with Crippen LogP contribution in [0.3, 0.4) is 0 Å². The Labute approximate surface area is 124 Å². The maximum atomic E-state index is 3.65. The Balaban J connectivity index is 1.60. The summed E-state index contributed by atoms with van der Waals surface area (Å²) < 4.78 is 0. The highest BCUT2D eigenvalue weighted by atomic mass is 15.2. The fourth-order valence-electron chi connectivity index (χ4n) is 4.34. The van der Waals surface area contributed by atoms with Crippen LogP contribution in [0.25, 0.3) is 0 Å². The molecule has 0 aliphatic carbocycles. The Morgan fingerprint density at radius 3 is 2.60 bits per heavy atom. The van der Waals surface area contributed by atoms with Crippen molar-refractivity contribution in [2.45, 2.75) is 44.7 Å². The van der Waals surface area contributed by atoms with Crippen LogP contribution in [0, 0.1) is 5.92 Å². The number of piperazine rings is 1. The average molecular weight is 280 g/mol. The highest BCUT2D eigenvalue weighted by Gasteiger charge is 2.34. The van der Waals surface area contributed by atoms with Gasteiger partial charge in [-0.25, -0.2) is 0 Å². The highest BCUT2D eigenvalue weighted by molar-refractivity contribution is 4.91. The molecule has 0 bridgehead atoms. The molecule has 3 saturated heterocycles. The van der Waals surface area contributed by atoms with Gasteiger partial charge in [0.2, 0.25) is 0 Å². The molecule has 4 nitrogen and oxygen atoms in total. The minimum Gasteiger partial charge on any atom is -0.315 e. The third-order valence-electron chi connectivity index (χ3n) is 5.57. The monoisotopic (exact) mass is 280 g/mol. The van der Waals surface area contributed by atoms with E-state index in [0.29, 0.717) is 0 Å². The molecule has 0 saturated carbocycles. The van der Waals surface area contributed by atoms with E-state index in [0.717, 1.165) is 18.0 Å². The van der Waals surface area contributed by atoms with Crippen molar-refractivity contribution in [3.63, 3.8) is 0 Å². The Morgan fingerprint density at radius 1 is 0.950 bits per heavy atom. The first-order valence-electron chi connectivity index (χ1n) is 8.74. The molecule has 0 amide bonds. The molecule has 3 aliphatic rings. The average Bonchev–Trinajstić information content (AvgIpc) is 2.50. The molecule has 3 fully saturated rings. The van der Waals surface area contributed by atoms with E-state index in [2.05, 4.69) is 27.4 Å². The third-order valence-corrected chi connectivity index (χ3v) is 5.57. The van der Waals surface area contributed by atoms with Crippen LogP contribution in [0.1, 0.15) is 32.6 Å². The van der Waals surface area contributed by atoms with Gasteiger partial charge in [0.05, 0.1) is 0 Å². The van der Waals surface area contributed by atoms with E-state index in [1.165, 1.54) is 78.0 Å². The van der Waals surface area contributed by atoms with E-state index in [9.17, 15) is 0 Å². The van der Waals surface area contributed by atoms with Crippen molar-refractivity contribution in [3.8, 4) is 0 Å². The van der Waals surface area contributed by atoms with Gasteiger partial charge in [0.1, 0.15) is 0 Å². The summed E-state index contributed by atoms with van der Waals surface area (Å²) in [6, 6.07) is 1.56. The number of piperidine rings is 2. The molecule has 0 radical (unpaired) electrons. The molecule has 3 aliphatic heterocycles. The zero-order valence-corrected chi connectivity index (χ0v) is 13.1. The van der Waals surface area contributed by atoms with E-state index >= 15 is 0 Å². The predicted octanol–water partition coefficient (Wildman–Crippen LogP) is 0.744. The Kier molecular flexibility index (Phi) is 5.32. The Morgan fingerprint density at radius 2 is 1.80 bits per heavy atom. The topological polar surface area (TPSA) is 30.5 Å². The number of likely N-dealkylation sites (tertiary alicyclic amines) is 1.